The maximum Gasteiger partial charge on any atom is 0.333 e. The minimum Gasteiger partial charge on any atom is -0.497 e. The van der Waals surface area contributed by atoms with Gasteiger partial charge in [-0.1, -0.05) is 6.92 Å². The first-order valence-electron chi connectivity index (χ1n) is 6.17. The molecule has 19 heavy (non-hydrogen) atoms. The predicted octanol–water partition coefficient (Wildman–Crippen LogP) is 2.13. The summed E-state index contributed by atoms with van der Waals surface area (Å²) in [4.78, 5) is 11.2. The van der Waals surface area contributed by atoms with Crippen LogP contribution >= 0.6 is 0 Å². The van der Waals surface area contributed by atoms with E-state index in [0.29, 0.717) is 18.1 Å². The van der Waals surface area contributed by atoms with E-state index in [0.717, 1.165) is 12.0 Å². The molecule has 0 amide bonds. The molecule has 0 saturated carbocycles. The van der Waals surface area contributed by atoms with Crippen molar-refractivity contribution in [2.45, 2.75) is 25.9 Å². The summed E-state index contributed by atoms with van der Waals surface area (Å²) < 4.78 is 15.7. The molecule has 0 radical (unpaired) electrons. The van der Waals surface area contributed by atoms with Gasteiger partial charge < -0.3 is 19.3 Å². The molecule has 1 aromatic carbocycles. The molecule has 1 rings (SSSR count). The lowest BCUT2D eigenvalue weighted by Crippen LogP contribution is -2.27. The van der Waals surface area contributed by atoms with E-state index < -0.39 is 12.1 Å². The summed E-state index contributed by atoms with van der Waals surface area (Å²) >= 11 is 0. The second-order valence-electron chi connectivity index (χ2n) is 4.08. The Morgan fingerprint density at radius 1 is 1.32 bits per heavy atom. The van der Waals surface area contributed by atoms with Crippen LogP contribution in [-0.2, 0) is 16.0 Å². The fourth-order valence-electron chi connectivity index (χ4n) is 1.72. The van der Waals surface area contributed by atoms with Crippen molar-refractivity contribution in [3.8, 4) is 11.5 Å². The maximum atomic E-state index is 11.2. The molecule has 0 spiro atoms. The third-order valence-corrected chi connectivity index (χ3v) is 2.69. The number of ether oxygens (including phenoxy) is 3. The van der Waals surface area contributed by atoms with Crippen molar-refractivity contribution in [1.82, 2.24) is 0 Å². The minimum absolute atomic E-state index is 0.246. The first-order valence-corrected chi connectivity index (χ1v) is 6.17. The van der Waals surface area contributed by atoms with Crippen molar-refractivity contribution < 1.29 is 24.1 Å². The highest BCUT2D eigenvalue weighted by atomic mass is 16.5. The molecular formula is C14H20O5. The van der Waals surface area contributed by atoms with E-state index in [2.05, 4.69) is 0 Å². The van der Waals surface area contributed by atoms with Crippen LogP contribution in [0.3, 0.4) is 0 Å². The van der Waals surface area contributed by atoms with E-state index in [4.69, 9.17) is 19.3 Å². The van der Waals surface area contributed by atoms with Crippen LogP contribution in [0.2, 0.25) is 0 Å². The normalized spacial score (nSPS) is 11.9. The Hall–Kier alpha value is -1.75. The molecule has 1 N–H and O–H groups in total. The Bertz CT molecular complexity index is 416. The third kappa shape index (κ3) is 4.44. The largest absolute Gasteiger partial charge is 0.497 e. The molecule has 0 aliphatic heterocycles. The van der Waals surface area contributed by atoms with Crippen LogP contribution in [0.5, 0.6) is 11.5 Å². The summed E-state index contributed by atoms with van der Waals surface area (Å²) in [6, 6.07) is 5.29. The number of carboxylic acids is 1. The highest BCUT2D eigenvalue weighted by Crippen LogP contribution is 2.25. The number of rotatable bonds is 8. The summed E-state index contributed by atoms with van der Waals surface area (Å²) in [5.74, 6) is 0.320. The minimum atomic E-state index is -0.974. The predicted molar refractivity (Wildman–Crippen MR) is 70.9 cm³/mol. The molecule has 0 bridgehead atoms. The van der Waals surface area contributed by atoms with Gasteiger partial charge in [-0.3, -0.25) is 0 Å². The van der Waals surface area contributed by atoms with Gasteiger partial charge in [-0.2, -0.15) is 0 Å². The summed E-state index contributed by atoms with van der Waals surface area (Å²) in [6.07, 6.45) is 0.148. The molecular weight excluding hydrogens is 248 g/mol. The molecule has 0 aliphatic carbocycles. The number of methoxy groups -OCH3 is 2. The number of carboxylic acid groups (broad SMARTS) is 1. The van der Waals surface area contributed by atoms with Gasteiger partial charge in [0.25, 0.3) is 0 Å². The Kier molecular flexibility index (Phi) is 6.15. The van der Waals surface area contributed by atoms with Crippen molar-refractivity contribution in [2.75, 3.05) is 20.8 Å². The van der Waals surface area contributed by atoms with E-state index >= 15 is 0 Å². The molecule has 0 unspecified atom stereocenters. The Morgan fingerprint density at radius 2 is 2.05 bits per heavy atom. The highest BCUT2D eigenvalue weighted by molar-refractivity contribution is 5.73. The van der Waals surface area contributed by atoms with Crippen molar-refractivity contribution in [3.63, 3.8) is 0 Å². The summed E-state index contributed by atoms with van der Waals surface area (Å²) in [6.45, 7) is 2.36. The Labute approximate surface area is 113 Å². The van der Waals surface area contributed by atoms with Crippen molar-refractivity contribution >= 4 is 5.97 Å². The lowest BCUT2D eigenvalue weighted by Gasteiger charge is -2.16. The van der Waals surface area contributed by atoms with Gasteiger partial charge >= 0.3 is 5.97 Å². The molecule has 0 aliphatic rings. The molecule has 5 nitrogen and oxygen atoms in total. The maximum absolute atomic E-state index is 11.2. The van der Waals surface area contributed by atoms with Gasteiger partial charge in [-0.05, 0) is 24.6 Å². The highest BCUT2D eigenvalue weighted by Gasteiger charge is 2.20. The number of aliphatic carboxylic acids is 1. The van der Waals surface area contributed by atoms with Crippen LogP contribution in [0.1, 0.15) is 18.9 Å². The monoisotopic (exact) mass is 268 g/mol. The van der Waals surface area contributed by atoms with Crippen LogP contribution in [0.25, 0.3) is 0 Å². The zero-order chi connectivity index (χ0) is 14.3. The van der Waals surface area contributed by atoms with Crippen LogP contribution in [-0.4, -0.2) is 38.0 Å². The van der Waals surface area contributed by atoms with E-state index in [1.165, 1.54) is 0 Å². The molecule has 106 valence electrons. The standard InChI is InChI=1S/C14H20O5/c1-4-7-19-13(14(15)16)9-10-8-11(17-2)5-6-12(10)18-3/h5-6,8,13H,4,7,9H2,1-3H3,(H,15,16)/t13-/m1/s1. The smallest absolute Gasteiger partial charge is 0.333 e. The number of hydrogen-bond donors (Lipinski definition) is 1. The second kappa shape index (κ2) is 7.63. The van der Waals surface area contributed by atoms with Crippen molar-refractivity contribution in [2.24, 2.45) is 0 Å². The van der Waals surface area contributed by atoms with E-state index in [1.54, 1.807) is 32.4 Å². The first-order chi connectivity index (χ1) is 9.12. The zero-order valence-electron chi connectivity index (χ0n) is 11.5. The van der Waals surface area contributed by atoms with Crippen LogP contribution < -0.4 is 9.47 Å². The molecule has 0 heterocycles. The topological polar surface area (TPSA) is 65.0 Å². The SMILES string of the molecule is CCCO[C@H](Cc1cc(OC)ccc1OC)C(=O)O. The second-order valence-corrected chi connectivity index (χ2v) is 4.08. The molecule has 5 heteroatoms. The Balaban J connectivity index is 2.90. The van der Waals surface area contributed by atoms with Crippen molar-refractivity contribution in [1.29, 1.82) is 0 Å². The zero-order valence-corrected chi connectivity index (χ0v) is 11.5. The van der Waals surface area contributed by atoms with Gasteiger partial charge in [0.2, 0.25) is 0 Å². The van der Waals surface area contributed by atoms with Gasteiger partial charge in [0, 0.05) is 18.6 Å². The molecule has 0 saturated heterocycles. The van der Waals surface area contributed by atoms with Crippen molar-refractivity contribution in [3.05, 3.63) is 23.8 Å². The average Bonchev–Trinajstić information content (AvgIpc) is 2.42. The van der Waals surface area contributed by atoms with E-state index in [1.807, 2.05) is 6.92 Å². The van der Waals surface area contributed by atoms with Crippen LogP contribution in [0, 0.1) is 0 Å². The first kappa shape index (κ1) is 15.3. The summed E-state index contributed by atoms with van der Waals surface area (Å²) in [5, 5.41) is 9.15. The molecule has 0 fully saturated rings. The summed E-state index contributed by atoms with van der Waals surface area (Å²) in [7, 11) is 3.11. The quantitative estimate of drug-likeness (QED) is 0.782. The lowest BCUT2D eigenvalue weighted by atomic mass is 10.1. The Morgan fingerprint density at radius 3 is 2.58 bits per heavy atom. The number of benzene rings is 1. The number of hydrogen-bond acceptors (Lipinski definition) is 4. The fraction of sp³-hybridized carbons (Fsp3) is 0.500. The van der Waals surface area contributed by atoms with Gasteiger partial charge in [-0.15, -0.1) is 0 Å². The average molecular weight is 268 g/mol. The van der Waals surface area contributed by atoms with E-state index in [9.17, 15) is 4.79 Å². The van der Waals surface area contributed by atoms with Gasteiger partial charge in [0.1, 0.15) is 11.5 Å². The van der Waals surface area contributed by atoms with Gasteiger partial charge in [0.15, 0.2) is 6.10 Å². The third-order valence-electron chi connectivity index (χ3n) is 2.69. The van der Waals surface area contributed by atoms with Crippen LogP contribution in [0.15, 0.2) is 18.2 Å². The van der Waals surface area contributed by atoms with Gasteiger partial charge in [-0.25, -0.2) is 4.79 Å². The fourth-order valence-corrected chi connectivity index (χ4v) is 1.72. The lowest BCUT2D eigenvalue weighted by molar-refractivity contribution is -0.150. The molecule has 0 aromatic heterocycles. The van der Waals surface area contributed by atoms with E-state index in [-0.39, 0.29) is 6.42 Å². The van der Waals surface area contributed by atoms with Crippen LogP contribution in [0.4, 0.5) is 0 Å². The molecule has 1 atom stereocenters. The number of carbonyl (C=O) groups is 1. The van der Waals surface area contributed by atoms with Gasteiger partial charge in [0.05, 0.1) is 14.2 Å². The summed E-state index contributed by atoms with van der Waals surface area (Å²) in [5.41, 5.74) is 0.755. The molecule has 1 aromatic rings.